The molecule has 1 atom stereocenters. The molecular weight excluding hydrogens is 401 g/mol. The second-order valence-electron chi connectivity index (χ2n) is 7.07. The van der Waals surface area contributed by atoms with Gasteiger partial charge in [-0.25, -0.2) is 5.01 Å². The fourth-order valence-corrected chi connectivity index (χ4v) is 3.20. The van der Waals surface area contributed by atoms with Gasteiger partial charge in [-0.3, -0.25) is 9.59 Å². The van der Waals surface area contributed by atoms with Gasteiger partial charge in [0.25, 0.3) is 5.91 Å². The van der Waals surface area contributed by atoms with Gasteiger partial charge in [0.15, 0.2) is 6.61 Å². The molecule has 2 aliphatic rings. The van der Waals surface area contributed by atoms with E-state index in [-0.39, 0.29) is 24.6 Å². The van der Waals surface area contributed by atoms with E-state index >= 15 is 0 Å². The molecule has 1 aromatic carbocycles. The average Bonchev–Trinajstić information content (AvgIpc) is 2.70. The first-order valence-electron chi connectivity index (χ1n) is 9.50. The number of alkyl halides is 3. The first kappa shape index (κ1) is 21.6. The number of ether oxygens (including phenoxy) is 1. The average molecular weight is 422 g/mol. The van der Waals surface area contributed by atoms with E-state index in [0.717, 1.165) is 18.4 Å². The monoisotopic (exact) mass is 422 g/mol. The van der Waals surface area contributed by atoms with Crippen molar-refractivity contribution in [3.8, 4) is 0 Å². The zero-order valence-corrected chi connectivity index (χ0v) is 16.1. The normalized spacial score (nSPS) is 17.8. The number of carbonyl (C=O) groups excluding carboxylic acids is 1. The van der Waals surface area contributed by atoms with Crippen LogP contribution in [0.3, 0.4) is 0 Å². The second-order valence-corrected chi connectivity index (χ2v) is 7.07. The van der Waals surface area contributed by atoms with E-state index in [0.29, 0.717) is 11.5 Å². The van der Waals surface area contributed by atoms with E-state index in [9.17, 15) is 27.9 Å². The van der Waals surface area contributed by atoms with E-state index in [1.165, 1.54) is 17.1 Å². The summed E-state index contributed by atoms with van der Waals surface area (Å²) in [7, 11) is 0. The fraction of sp³-hybridized carbons (Fsp3) is 0.381. The molecule has 1 amide bonds. The lowest BCUT2D eigenvalue weighted by Gasteiger charge is -2.25. The van der Waals surface area contributed by atoms with Crippen molar-refractivity contribution < 1.29 is 32.6 Å². The lowest BCUT2D eigenvalue weighted by atomic mass is 9.93. The number of amides is 1. The van der Waals surface area contributed by atoms with E-state index in [2.05, 4.69) is 5.10 Å². The van der Waals surface area contributed by atoms with Gasteiger partial charge in [0.1, 0.15) is 0 Å². The number of carbonyl (C=O) groups is 2. The number of nitrogens with zero attached hydrogens (tertiary/aromatic N) is 2. The first-order chi connectivity index (χ1) is 14.2. The molecule has 9 heteroatoms. The van der Waals surface area contributed by atoms with E-state index < -0.39 is 30.9 Å². The zero-order valence-electron chi connectivity index (χ0n) is 16.1. The molecule has 1 N–H and O–H groups in total. The number of rotatable bonds is 7. The summed E-state index contributed by atoms with van der Waals surface area (Å²) < 4.78 is 42.8. The Hall–Kier alpha value is -3.10. The molecule has 30 heavy (non-hydrogen) atoms. The summed E-state index contributed by atoms with van der Waals surface area (Å²) in [5, 5.41) is 14.8. The summed E-state index contributed by atoms with van der Waals surface area (Å²) in [5.74, 6) is -2.52. The summed E-state index contributed by atoms with van der Waals surface area (Å²) in [5.41, 5.74) is 1.76. The molecule has 0 radical (unpaired) electrons. The van der Waals surface area contributed by atoms with E-state index in [1.807, 2.05) is 18.2 Å². The van der Waals surface area contributed by atoms with Crippen LogP contribution in [0.1, 0.15) is 42.7 Å². The molecule has 1 aliphatic heterocycles. The van der Waals surface area contributed by atoms with Crippen LogP contribution in [0.2, 0.25) is 0 Å². The molecule has 0 fully saturated rings. The largest absolute Gasteiger partial charge is 0.481 e. The molecular formula is C21H21F3N2O4. The number of aliphatic carboxylic acids is 1. The van der Waals surface area contributed by atoms with Gasteiger partial charge in [-0.05, 0) is 30.4 Å². The minimum atomic E-state index is -4.41. The van der Waals surface area contributed by atoms with Crippen molar-refractivity contribution >= 4 is 17.8 Å². The maximum Gasteiger partial charge on any atom is 0.389 e. The van der Waals surface area contributed by atoms with Crippen LogP contribution >= 0.6 is 0 Å². The van der Waals surface area contributed by atoms with Crippen LogP contribution in [-0.2, 0) is 20.9 Å². The van der Waals surface area contributed by atoms with Crippen LogP contribution in [0.25, 0.3) is 0 Å². The Bertz CT molecular complexity index is 889. The van der Waals surface area contributed by atoms with E-state index in [1.54, 1.807) is 12.1 Å². The summed E-state index contributed by atoms with van der Waals surface area (Å²) in [6.07, 6.45) is 1.55. The minimum Gasteiger partial charge on any atom is -0.481 e. The summed E-state index contributed by atoms with van der Waals surface area (Å²) in [6.45, 7) is 0.00385. The van der Waals surface area contributed by atoms with Crippen LogP contribution in [-0.4, -0.2) is 40.7 Å². The van der Waals surface area contributed by atoms with Gasteiger partial charge in [-0.15, -0.1) is 5.10 Å². The molecule has 0 spiro atoms. The third kappa shape index (κ3) is 5.71. The molecule has 0 saturated heterocycles. The lowest BCUT2D eigenvalue weighted by molar-refractivity contribution is -0.145. The van der Waals surface area contributed by atoms with Crippen LogP contribution in [0, 0.1) is 0 Å². The van der Waals surface area contributed by atoms with Gasteiger partial charge in [-0.1, -0.05) is 42.5 Å². The van der Waals surface area contributed by atoms with Gasteiger partial charge < -0.3 is 9.84 Å². The highest BCUT2D eigenvalue weighted by Gasteiger charge is 2.31. The van der Waals surface area contributed by atoms with Crippen molar-refractivity contribution in [3.63, 3.8) is 0 Å². The number of carboxylic acid groups (broad SMARTS) is 1. The molecule has 0 aromatic heterocycles. The molecule has 0 bridgehead atoms. The molecule has 1 heterocycles. The quantitative estimate of drug-likeness (QED) is 0.716. The highest BCUT2D eigenvalue weighted by Crippen LogP contribution is 2.29. The van der Waals surface area contributed by atoms with Gasteiger partial charge in [-0.2, -0.15) is 13.2 Å². The zero-order chi connectivity index (χ0) is 21.7. The third-order valence-corrected chi connectivity index (χ3v) is 4.80. The molecule has 6 nitrogen and oxygen atoms in total. The van der Waals surface area contributed by atoms with E-state index in [4.69, 9.17) is 4.74 Å². The number of hydrazone groups is 1. The van der Waals surface area contributed by atoms with Crippen molar-refractivity contribution in [1.29, 1.82) is 0 Å². The lowest BCUT2D eigenvalue weighted by Crippen LogP contribution is -2.36. The predicted molar refractivity (Wildman–Crippen MR) is 103 cm³/mol. The summed E-state index contributed by atoms with van der Waals surface area (Å²) >= 11 is 0. The Morgan fingerprint density at radius 1 is 1.23 bits per heavy atom. The van der Waals surface area contributed by atoms with Gasteiger partial charge in [0, 0.05) is 12.0 Å². The van der Waals surface area contributed by atoms with Crippen LogP contribution in [0.4, 0.5) is 13.2 Å². The number of benzene rings is 1. The Morgan fingerprint density at radius 3 is 2.57 bits per heavy atom. The second kappa shape index (κ2) is 9.15. The molecule has 1 unspecified atom stereocenters. The number of allylic oxidation sites excluding steroid dienone is 2. The Balaban J connectivity index is 1.71. The summed E-state index contributed by atoms with van der Waals surface area (Å²) in [4.78, 5) is 23.5. The van der Waals surface area contributed by atoms with Gasteiger partial charge >= 0.3 is 12.1 Å². The Labute approximate surface area is 171 Å². The Kier molecular flexibility index (Phi) is 6.59. The van der Waals surface area contributed by atoms with Crippen molar-refractivity contribution in [2.75, 3.05) is 6.61 Å². The first-order valence-corrected chi connectivity index (χ1v) is 9.50. The molecule has 1 aliphatic carbocycles. The number of halogens is 3. The smallest absolute Gasteiger partial charge is 0.389 e. The predicted octanol–water partition coefficient (Wildman–Crippen LogP) is 4.15. The van der Waals surface area contributed by atoms with Gasteiger partial charge in [0.2, 0.25) is 5.90 Å². The number of carboxylic acids is 1. The van der Waals surface area contributed by atoms with Crippen molar-refractivity contribution in [2.45, 2.75) is 44.3 Å². The third-order valence-electron chi connectivity index (χ3n) is 4.80. The Morgan fingerprint density at radius 2 is 1.97 bits per heavy atom. The number of hydrogen-bond donors (Lipinski definition) is 1. The van der Waals surface area contributed by atoms with Crippen molar-refractivity contribution in [2.24, 2.45) is 5.10 Å². The van der Waals surface area contributed by atoms with Crippen LogP contribution in [0.5, 0.6) is 0 Å². The number of hydrogen-bond acceptors (Lipinski definition) is 4. The minimum absolute atomic E-state index is 0.138. The molecule has 0 saturated carbocycles. The van der Waals surface area contributed by atoms with Gasteiger partial charge in [0.05, 0.1) is 12.5 Å². The van der Waals surface area contributed by atoms with Crippen LogP contribution in [0.15, 0.2) is 53.2 Å². The SMILES string of the molecule is O=C(O)C(CCC(F)(F)F)c1ccc(CN2N=C(C3=CCCC=C3)OCC2=O)cc1. The maximum atomic E-state index is 12.5. The molecule has 1 aromatic rings. The molecule has 3 rings (SSSR count). The highest BCUT2D eigenvalue weighted by molar-refractivity contribution is 5.99. The molecule has 160 valence electrons. The summed E-state index contributed by atoms with van der Waals surface area (Å²) in [6, 6.07) is 6.14. The fourth-order valence-electron chi connectivity index (χ4n) is 3.20. The van der Waals surface area contributed by atoms with Crippen molar-refractivity contribution in [1.82, 2.24) is 5.01 Å². The van der Waals surface area contributed by atoms with Crippen LogP contribution < -0.4 is 0 Å². The topological polar surface area (TPSA) is 79.2 Å². The highest BCUT2D eigenvalue weighted by atomic mass is 19.4. The maximum absolute atomic E-state index is 12.5. The van der Waals surface area contributed by atoms with Crippen molar-refractivity contribution in [3.05, 3.63) is 59.2 Å². The standard InChI is InChI=1S/C21H21F3N2O4/c22-21(23,24)11-10-17(20(28)29)15-8-6-14(7-9-15)12-26-18(27)13-30-19(25-26)16-4-2-1-3-5-16/h2,4-9,17H,1,3,10-13H2,(H,28,29).